The van der Waals surface area contributed by atoms with Crippen LogP contribution >= 0.6 is 0 Å². The summed E-state index contributed by atoms with van der Waals surface area (Å²) in [7, 11) is 1.56. The topological polar surface area (TPSA) is 64.3 Å². The minimum Gasteiger partial charge on any atom is -0.481 e. The SMILES string of the molecule is CCN(CC)c1cc(OC)nc(N)n1. The number of aromatic nitrogens is 2. The van der Waals surface area contributed by atoms with Crippen molar-refractivity contribution in [3.8, 4) is 5.88 Å². The van der Waals surface area contributed by atoms with Gasteiger partial charge in [0.2, 0.25) is 11.8 Å². The smallest absolute Gasteiger partial charge is 0.225 e. The molecule has 14 heavy (non-hydrogen) atoms. The van der Waals surface area contributed by atoms with Crippen molar-refractivity contribution in [3.05, 3.63) is 6.07 Å². The second-order valence-corrected chi connectivity index (χ2v) is 2.80. The van der Waals surface area contributed by atoms with Crippen LogP contribution in [0, 0.1) is 0 Å². The number of nitrogens with two attached hydrogens (primary N) is 1. The Balaban J connectivity index is 3.01. The summed E-state index contributed by atoms with van der Waals surface area (Å²) in [5.74, 6) is 1.55. The quantitative estimate of drug-likeness (QED) is 0.775. The number of hydrogen-bond donors (Lipinski definition) is 1. The van der Waals surface area contributed by atoms with E-state index in [1.54, 1.807) is 13.2 Å². The second kappa shape index (κ2) is 4.64. The molecule has 0 aromatic carbocycles. The molecular weight excluding hydrogens is 180 g/mol. The minimum atomic E-state index is 0.242. The zero-order valence-electron chi connectivity index (χ0n) is 8.82. The highest BCUT2D eigenvalue weighted by atomic mass is 16.5. The van der Waals surface area contributed by atoms with Crippen molar-refractivity contribution in [1.82, 2.24) is 9.97 Å². The van der Waals surface area contributed by atoms with E-state index in [4.69, 9.17) is 10.5 Å². The Bertz CT molecular complexity index is 299. The van der Waals surface area contributed by atoms with Gasteiger partial charge in [0.25, 0.3) is 0 Å². The average molecular weight is 196 g/mol. The maximum Gasteiger partial charge on any atom is 0.225 e. The van der Waals surface area contributed by atoms with E-state index in [-0.39, 0.29) is 5.95 Å². The molecule has 1 aromatic rings. The van der Waals surface area contributed by atoms with E-state index in [0.29, 0.717) is 5.88 Å². The molecule has 0 bridgehead atoms. The number of methoxy groups -OCH3 is 1. The van der Waals surface area contributed by atoms with E-state index in [2.05, 4.69) is 28.7 Å². The first-order valence-corrected chi connectivity index (χ1v) is 4.64. The van der Waals surface area contributed by atoms with Gasteiger partial charge in [0.15, 0.2) is 0 Å². The highest BCUT2D eigenvalue weighted by Gasteiger charge is 2.07. The fourth-order valence-electron chi connectivity index (χ4n) is 1.24. The van der Waals surface area contributed by atoms with Crippen molar-refractivity contribution in [2.24, 2.45) is 0 Å². The summed E-state index contributed by atoms with van der Waals surface area (Å²) < 4.78 is 5.02. The van der Waals surface area contributed by atoms with E-state index in [9.17, 15) is 0 Å². The van der Waals surface area contributed by atoms with Crippen LogP contribution < -0.4 is 15.4 Å². The molecule has 5 nitrogen and oxygen atoms in total. The lowest BCUT2D eigenvalue weighted by molar-refractivity contribution is 0.397. The summed E-state index contributed by atoms with van der Waals surface area (Å²) in [4.78, 5) is 10.1. The molecule has 78 valence electrons. The van der Waals surface area contributed by atoms with Gasteiger partial charge in [-0.2, -0.15) is 9.97 Å². The molecule has 0 fully saturated rings. The molecule has 0 saturated heterocycles. The van der Waals surface area contributed by atoms with Gasteiger partial charge in [-0.05, 0) is 13.8 Å². The van der Waals surface area contributed by atoms with Gasteiger partial charge < -0.3 is 15.4 Å². The van der Waals surface area contributed by atoms with E-state index in [1.165, 1.54) is 0 Å². The van der Waals surface area contributed by atoms with Crippen molar-refractivity contribution < 1.29 is 4.74 Å². The third kappa shape index (κ3) is 2.25. The Morgan fingerprint density at radius 1 is 1.36 bits per heavy atom. The molecule has 0 unspecified atom stereocenters. The molecule has 0 spiro atoms. The van der Waals surface area contributed by atoms with Crippen molar-refractivity contribution in [1.29, 1.82) is 0 Å². The molecule has 1 aromatic heterocycles. The monoisotopic (exact) mass is 196 g/mol. The van der Waals surface area contributed by atoms with E-state index < -0.39 is 0 Å². The van der Waals surface area contributed by atoms with Gasteiger partial charge in [0, 0.05) is 19.2 Å². The molecule has 0 aliphatic heterocycles. The lowest BCUT2D eigenvalue weighted by Gasteiger charge is -2.19. The molecule has 0 atom stereocenters. The van der Waals surface area contributed by atoms with Crippen molar-refractivity contribution in [2.75, 3.05) is 30.8 Å². The van der Waals surface area contributed by atoms with Crippen LogP contribution in [0.1, 0.15) is 13.8 Å². The van der Waals surface area contributed by atoms with E-state index >= 15 is 0 Å². The molecule has 0 amide bonds. The Labute approximate surface area is 83.9 Å². The Morgan fingerprint density at radius 3 is 2.50 bits per heavy atom. The normalized spacial score (nSPS) is 9.93. The summed E-state index contributed by atoms with van der Waals surface area (Å²) in [6.07, 6.45) is 0. The average Bonchev–Trinajstić information content (AvgIpc) is 2.19. The van der Waals surface area contributed by atoms with Gasteiger partial charge in [0.05, 0.1) is 7.11 Å². The van der Waals surface area contributed by atoms with Crippen LogP contribution in [0.5, 0.6) is 5.88 Å². The van der Waals surface area contributed by atoms with Gasteiger partial charge in [-0.3, -0.25) is 0 Å². The maximum absolute atomic E-state index is 5.55. The number of hydrogen-bond acceptors (Lipinski definition) is 5. The molecule has 0 saturated carbocycles. The van der Waals surface area contributed by atoms with Crippen molar-refractivity contribution in [3.63, 3.8) is 0 Å². The summed E-state index contributed by atoms with van der Waals surface area (Å²) in [5.41, 5.74) is 5.55. The molecule has 5 heteroatoms. The standard InChI is InChI=1S/C9H16N4O/c1-4-13(5-2)7-6-8(14-3)12-9(10)11-7/h6H,4-5H2,1-3H3,(H2,10,11,12). The second-order valence-electron chi connectivity index (χ2n) is 2.80. The zero-order chi connectivity index (χ0) is 10.6. The van der Waals surface area contributed by atoms with Crippen LogP contribution in [0.15, 0.2) is 6.07 Å². The van der Waals surface area contributed by atoms with Gasteiger partial charge in [0.1, 0.15) is 5.82 Å². The number of nitrogens with zero attached hydrogens (tertiary/aromatic N) is 3. The Kier molecular flexibility index (Phi) is 3.50. The fraction of sp³-hybridized carbons (Fsp3) is 0.556. The molecular formula is C9H16N4O. The number of anilines is 2. The number of rotatable bonds is 4. The molecule has 1 heterocycles. The van der Waals surface area contributed by atoms with Gasteiger partial charge >= 0.3 is 0 Å². The first-order chi connectivity index (χ1) is 6.71. The molecule has 0 radical (unpaired) electrons. The van der Waals surface area contributed by atoms with E-state index in [1.807, 2.05) is 0 Å². The van der Waals surface area contributed by atoms with Crippen LogP contribution in [0.2, 0.25) is 0 Å². The molecule has 0 aliphatic carbocycles. The van der Waals surface area contributed by atoms with Gasteiger partial charge in [-0.25, -0.2) is 0 Å². The predicted molar refractivity (Wildman–Crippen MR) is 56.6 cm³/mol. The van der Waals surface area contributed by atoms with Crippen LogP contribution in [0.3, 0.4) is 0 Å². The van der Waals surface area contributed by atoms with E-state index in [0.717, 1.165) is 18.9 Å². The minimum absolute atomic E-state index is 0.242. The molecule has 1 rings (SSSR count). The molecule has 2 N–H and O–H groups in total. The summed E-state index contributed by atoms with van der Waals surface area (Å²) in [6.45, 7) is 5.90. The Hall–Kier alpha value is -1.52. The highest BCUT2D eigenvalue weighted by Crippen LogP contribution is 2.17. The first kappa shape index (κ1) is 10.6. The summed E-state index contributed by atoms with van der Waals surface area (Å²) in [6, 6.07) is 1.78. The lowest BCUT2D eigenvalue weighted by atomic mass is 10.4. The maximum atomic E-state index is 5.55. The zero-order valence-corrected chi connectivity index (χ0v) is 8.82. The molecule has 0 aliphatic rings. The van der Waals surface area contributed by atoms with Crippen LogP contribution in [-0.4, -0.2) is 30.2 Å². The van der Waals surface area contributed by atoms with Crippen LogP contribution in [0.25, 0.3) is 0 Å². The van der Waals surface area contributed by atoms with Crippen molar-refractivity contribution in [2.45, 2.75) is 13.8 Å². The van der Waals surface area contributed by atoms with Crippen molar-refractivity contribution >= 4 is 11.8 Å². The van der Waals surface area contributed by atoms with Crippen LogP contribution in [0.4, 0.5) is 11.8 Å². The third-order valence-corrected chi connectivity index (χ3v) is 2.00. The lowest BCUT2D eigenvalue weighted by Crippen LogP contribution is -2.23. The third-order valence-electron chi connectivity index (χ3n) is 2.00. The number of nitrogen functional groups attached to an aromatic ring is 1. The van der Waals surface area contributed by atoms with Crippen LogP contribution in [-0.2, 0) is 0 Å². The van der Waals surface area contributed by atoms with Gasteiger partial charge in [-0.1, -0.05) is 0 Å². The Morgan fingerprint density at radius 2 is 2.00 bits per heavy atom. The largest absolute Gasteiger partial charge is 0.481 e. The first-order valence-electron chi connectivity index (χ1n) is 4.64. The number of ether oxygens (including phenoxy) is 1. The predicted octanol–water partition coefficient (Wildman–Crippen LogP) is 0.914. The summed E-state index contributed by atoms with van der Waals surface area (Å²) in [5, 5.41) is 0. The van der Waals surface area contributed by atoms with Gasteiger partial charge in [-0.15, -0.1) is 0 Å². The summed E-state index contributed by atoms with van der Waals surface area (Å²) >= 11 is 0. The fourth-order valence-corrected chi connectivity index (χ4v) is 1.24. The highest BCUT2D eigenvalue weighted by molar-refractivity contribution is 5.45.